The van der Waals surface area contributed by atoms with Crippen molar-refractivity contribution in [2.24, 2.45) is 5.73 Å². The van der Waals surface area contributed by atoms with Gasteiger partial charge in [-0.05, 0) is 36.6 Å². The van der Waals surface area contributed by atoms with Crippen LogP contribution < -0.4 is 21.7 Å². The number of nitrogens with two attached hydrogens (primary N) is 2. The number of nitrogens with one attached hydrogen (secondary N) is 2. The Morgan fingerprint density at radius 1 is 1.26 bits per heavy atom. The minimum absolute atomic E-state index is 0.0314. The molecular formula is C26H30F3N7O2S. The molecule has 4 aromatic rings. The number of aliphatic hydroxyl groups is 1. The molecule has 208 valence electrons. The van der Waals surface area contributed by atoms with Gasteiger partial charge >= 0.3 is 6.18 Å². The van der Waals surface area contributed by atoms with E-state index in [1.807, 2.05) is 18.2 Å². The van der Waals surface area contributed by atoms with Gasteiger partial charge in [-0.2, -0.15) is 13.2 Å². The van der Waals surface area contributed by atoms with Gasteiger partial charge in [0.1, 0.15) is 21.3 Å². The van der Waals surface area contributed by atoms with E-state index >= 15 is 0 Å². The number of halogens is 3. The SMILES string of the molecule is CC(C)c1nc2cc(C(O)CNC3CCN(c4cc(C(F)(F)F)c5c(N)c(C(N)=O)sc5n4)CC3)ccc2[nH]1. The first-order valence-corrected chi connectivity index (χ1v) is 13.5. The smallest absolute Gasteiger partial charge is 0.397 e. The number of aliphatic hydroxyl groups excluding tert-OH is 1. The number of aromatic nitrogens is 3. The zero-order valence-corrected chi connectivity index (χ0v) is 22.3. The van der Waals surface area contributed by atoms with Gasteiger partial charge < -0.3 is 31.8 Å². The van der Waals surface area contributed by atoms with E-state index in [0.717, 1.165) is 39.8 Å². The Morgan fingerprint density at radius 3 is 2.62 bits per heavy atom. The molecule has 0 radical (unpaired) electrons. The summed E-state index contributed by atoms with van der Waals surface area (Å²) in [4.78, 5) is 25.6. The first-order valence-electron chi connectivity index (χ1n) is 12.7. The van der Waals surface area contributed by atoms with Crippen molar-refractivity contribution in [2.75, 3.05) is 30.3 Å². The normalized spacial score (nSPS) is 16.0. The molecule has 1 aliphatic rings. The molecule has 9 nitrogen and oxygen atoms in total. The Bertz CT molecular complexity index is 1520. The number of rotatable bonds is 7. The molecule has 0 saturated carbocycles. The molecule has 0 bridgehead atoms. The molecule has 1 aromatic carbocycles. The summed E-state index contributed by atoms with van der Waals surface area (Å²) in [5.74, 6) is 0.461. The number of hydrogen-bond acceptors (Lipinski definition) is 8. The predicted octanol–water partition coefficient (Wildman–Crippen LogP) is 4.29. The van der Waals surface area contributed by atoms with Crippen molar-refractivity contribution < 1.29 is 23.1 Å². The maximum atomic E-state index is 13.9. The topological polar surface area (TPSA) is 146 Å². The summed E-state index contributed by atoms with van der Waals surface area (Å²) in [5, 5.41) is 13.9. The number of H-pyrrole nitrogens is 1. The summed E-state index contributed by atoms with van der Waals surface area (Å²) in [6, 6.07) is 6.75. The lowest BCUT2D eigenvalue weighted by Crippen LogP contribution is -2.44. The average Bonchev–Trinajstić information content (AvgIpc) is 3.47. The third-order valence-corrected chi connectivity index (χ3v) is 8.20. The predicted molar refractivity (Wildman–Crippen MR) is 146 cm³/mol. The number of imidazole rings is 1. The third kappa shape index (κ3) is 5.38. The zero-order chi connectivity index (χ0) is 28.1. The van der Waals surface area contributed by atoms with Gasteiger partial charge in [-0.25, -0.2) is 9.97 Å². The number of carbonyl (C=O) groups is 1. The van der Waals surface area contributed by atoms with E-state index in [4.69, 9.17) is 11.5 Å². The molecule has 1 amide bonds. The number of amides is 1. The quantitative estimate of drug-likeness (QED) is 0.226. The zero-order valence-electron chi connectivity index (χ0n) is 21.5. The van der Waals surface area contributed by atoms with Crippen LogP contribution in [0.5, 0.6) is 0 Å². The molecule has 0 spiro atoms. The van der Waals surface area contributed by atoms with Crippen LogP contribution in [0.3, 0.4) is 0 Å². The van der Waals surface area contributed by atoms with Crippen LogP contribution in [0, 0.1) is 0 Å². The van der Waals surface area contributed by atoms with E-state index < -0.39 is 23.8 Å². The van der Waals surface area contributed by atoms with Crippen LogP contribution in [-0.4, -0.2) is 51.6 Å². The van der Waals surface area contributed by atoms with Crippen molar-refractivity contribution in [1.29, 1.82) is 0 Å². The lowest BCUT2D eigenvalue weighted by molar-refractivity contribution is -0.136. The molecule has 1 fully saturated rings. The van der Waals surface area contributed by atoms with Crippen LogP contribution in [-0.2, 0) is 6.18 Å². The van der Waals surface area contributed by atoms with Crippen LogP contribution in [0.25, 0.3) is 21.3 Å². The Labute approximate surface area is 226 Å². The standard InChI is InChI=1S/C26H30F3N7O2S/c1-12(2)24-33-16-4-3-13(9-17(16)34-24)18(37)11-32-14-5-7-36(8-6-14)19-10-15(26(27,28)29)20-21(30)22(23(31)38)39-25(20)35-19/h3-4,9-10,12,14,18,32,37H,5-8,11,30H2,1-2H3,(H2,31,38)(H,33,34). The van der Waals surface area contributed by atoms with E-state index in [1.54, 1.807) is 4.90 Å². The fourth-order valence-electron chi connectivity index (χ4n) is 4.91. The minimum Gasteiger partial charge on any atom is -0.397 e. The van der Waals surface area contributed by atoms with Gasteiger partial charge in [0, 0.05) is 37.0 Å². The summed E-state index contributed by atoms with van der Waals surface area (Å²) < 4.78 is 41.7. The molecule has 5 rings (SSSR count). The Hall–Kier alpha value is -3.42. The molecule has 1 unspecified atom stereocenters. The van der Waals surface area contributed by atoms with Gasteiger partial charge in [0.15, 0.2) is 0 Å². The number of benzene rings is 1. The van der Waals surface area contributed by atoms with E-state index in [0.29, 0.717) is 32.5 Å². The number of alkyl halides is 3. The van der Waals surface area contributed by atoms with Gasteiger partial charge in [-0.1, -0.05) is 19.9 Å². The van der Waals surface area contributed by atoms with Crippen molar-refractivity contribution in [1.82, 2.24) is 20.3 Å². The monoisotopic (exact) mass is 561 g/mol. The molecular weight excluding hydrogens is 531 g/mol. The number of piperidine rings is 1. The maximum absolute atomic E-state index is 13.9. The van der Waals surface area contributed by atoms with Crippen LogP contribution in [0.4, 0.5) is 24.7 Å². The number of thiophene rings is 1. The number of anilines is 2. The highest BCUT2D eigenvalue weighted by molar-refractivity contribution is 7.21. The van der Waals surface area contributed by atoms with Gasteiger partial charge in [-0.15, -0.1) is 11.3 Å². The molecule has 13 heteroatoms. The molecule has 1 atom stereocenters. The number of carbonyl (C=O) groups excluding carboxylic acids is 1. The van der Waals surface area contributed by atoms with Crippen molar-refractivity contribution in [3.63, 3.8) is 0 Å². The van der Waals surface area contributed by atoms with Gasteiger partial charge in [0.25, 0.3) is 5.91 Å². The highest BCUT2D eigenvalue weighted by Crippen LogP contribution is 2.43. The average molecular weight is 562 g/mol. The van der Waals surface area contributed by atoms with Crippen molar-refractivity contribution in [3.8, 4) is 0 Å². The second-order valence-corrected chi connectivity index (χ2v) is 11.2. The lowest BCUT2D eigenvalue weighted by atomic mass is 10.0. The molecule has 0 aliphatic carbocycles. The molecule has 1 saturated heterocycles. The summed E-state index contributed by atoms with van der Waals surface area (Å²) >= 11 is 0.770. The second kappa shape index (κ2) is 10.3. The van der Waals surface area contributed by atoms with E-state index in [2.05, 4.69) is 34.1 Å². The van der Waals surface area contributed by atoms with E-state index in [9.17, 15) is 23.1 Å². The first-order chi connectivity index (χ1) is 18.4. The Balaban J connectivity index is 1.25. The molecule has 4 heterocycles. The van der Waals surface area contributed by atoms with Crippen LogP contribution in [0.15, 0.2) is 24.3 Å². The van der Waals surface area contributed by atoms with Crippen LogP contribution in [0.1, 0.15) is 65.3 Å². The Kier molecular flexibility index (Phi) is 7.16. The van der Waals surface area contributed by atoms with Gasteiger partial charge in [0.05, 0.1) is 28.4 Å². The van der Waals surface area contributed by atoms with Crippen molar-refractivity contribution in [3.05, 3.63) is 46.1 Å². The number of pyridine rings is 1. The van der Waals surface area contributed by atoms with Gasteiger partial charge in [-0.3, -0.25) is 4.79 Å². The summed E-state index contributed by atoms with van der Waals surface area (Å²) in [6.45, 7) is 5.41. The summed E-state index contributed by atoms with van der Waals surface area (Å²) in [7, 11) is 0. The summed E-state index contributed by atoms with van der Waals surface area (Å²) in [6.07, 6.45) is -4.09. The fourth-order valence-corrected chi connectivity index (χ4v) is 5.88. The molecule has 7 N–H and O–H groups in total. The molecule has 39 heavy (non-hydrogen) atoms. The molecule has 1 aliphatic heterocycles. The second-order valence-electron chi connectivity index (χ2n) is 10.2. The highest BCUT2D eigenvalue weighted by Gasteiger charge is 2.37. The highest BCUT2D eigenvalue weighted by atomic mass is 32.1. The minimum atomic E-state index is -4.68. The summed E-state index contributed by atoms with van der Waals surface area (Å²) in [5.41, 5.74) is 12.4. The number of aromatic amines is 1. The number of primary amides is 1. The van der Waals surface area contributed by atoms with Crippen molar-refractivity contribution in [2.45, 2.75) is 50.9 Å². The van der Waals surface area contributed by atoms with E-state index in [1.165, 1.54) is 0 Å². The molecule has 3 aromatic heterocycles. The number of fused-ring (bicyclic) bond motifs is 2. The van der Waals surface area contributed by atoms with E-state index in [-0.39, 0.29) is 38.6 Å². The van der Waals surface area contributed by atoms with Crippen molar-refractivity contribution >= 4 is 50.0 Å². The van der Waals surface area contributed by atoms with Crippen LogP contribution >= 0.6 is 11.3 Å². The Morgan fingerprint density at radius 2 is 1.97 bits per heavy atom. The number of nitrogens with zero attached hydrogens (tertiary/aromatic N) is 3. The lowest BCUT2D eigenvalue weighted by Gasteiger charge is -2.34. The third-order valence-electron chi connectivity index (χ3n) is 7.09. The number of hydrogen-bond donors (Lipinski definition) is 5. The maximum Gasteiger partial charge on any atom is 0.417 e. The number of nitrogen functional groups attached to an aromatic ring is 1. The van der Waals surface area contributed by atoms with Gasteiger partial charge in [0.2, 0.25) is 0 Å². The first kappa shape index (κ1) is 27.2. The fraction of sp³-hybridized carbons (Fsp3) is 0.423. The largest absolute Gasteiger partial charge is 0.417 e. The van der Waals surface area contributed by atoms with Crippen LogP contribution in [0.2, 0.25) is 0 Å².